The lowest BCUT2D eigenvalue weighted by Crippen LogP contribution is -2.43. The Kier molecular flexibility index (Phi) is 7.81. The highest BCUT2D eigenvalue weighted by molar-refractivity contribution is 7.09. The van der Waals surface area contributed by atoms with Crippen molar-refractivity contribution in [3.63, 3.8) is 0 Å². The SMILES string of the molecule is COCC(=O)NC[C@]12COC[C@H]1CN(Cc1cccs1)C2.O=C(O)C(F)(F)F. The third-order valence-corrected chi connectivity index (χ3v) is 5.57. The average Bonchev–Trinajstić information content (AvgIpc) is 3.29. The number of thiophene rings is 1. The zero-order chi connectivity index (χ0) is 20.8. The van der Waals surface area contributed by atoms with Crippen LogP contribution in [0.15, 0.2) is 17.5 Å². The molecular formula is C17H23F3N2O5S. The Bertz CT molecular complexity index is 656. The number of nitrogens with one attached hydrogen (secondary N) is 1. The summed E-state index contributed by atoms with van der Waals surface area (Å²) in [5.41, 5.74) is 0.0701. The number of methoxy groups -OCH3 is 1. The second kappa shape index (κ2) is 9.68. The number of rotatable bonds is 6. The summed E-state index contributed by atoms with van der Waals surface area (Å²) in [6, 6.07) is 4.28. The van der Waals surface area contributed by atoms with E-state index in [2.05, 4.69) is 27.7 Å². The van der Waals surface area contributed by atoms with Crippen molar-refractivity contribution in [3.8, 4) is 0 Å². The molecule has 0 radical (unpaired) electrons. The van der Waals surface area contributed by atoms with Gasteiger partial charge in [0.05, 0.1) is 13.2 Å². The van der Waals surface area contributed by atoms with Crippen molar-refractivity contribution >= 4 is 23.2 Å². The van der Waals surface area contributed by atoms with E-state index < -0.39 is 12.1 Å². The number of fused-ring (bicyclic) bond motifs is 1. The fraction of sp³-hybridized carbons (Fsp3) is 0.647. The van der Waals surface area contributed by atoms with E-state index in [1.165, 1.54) is 12.0 Å². The van der Waals surface area contributed by atoms with E-state index in [0.29, 0.717) is 12.5 Å². The topological polar surface area (TPSA) is 88.1 Å². The standard InChI is InChI=1S/C15H22N2O3S.C2HF3O2/c1-19-8-14(18)16-9-15-10-17(5-12(15)7-20-11-15)6-13-3-2-4-21-13;3-2(4,5)1(6)7/h2-4,12H,5-11H2,1H3,(H,16,18);(H,6,7)/t12-,15+;/m1./s1. The average molecular weight is 424 g/mol. The molecule has 2 atom stereocenters. The molecule has 2 N–H and O–H groups in total. The maximum absolute atomic E-state index is 11.6. The molecule has 11 heteroatoms. The summed E-state index contributed by atoms with van der Waals surface area (Å²) in [5.74, 6) is -2.29. The minimum atomic E-state index is -5.08. The first-order valence-electron chi connectivity index (χ1n) is 8.54. The molecule has 3 rings (SSSR count). The van der Waals surface area contributed by atoms with E-state index in [-0.39, 0.29) is 17.9 Å². The molecule has 0 aromatic carbocycles. The third kappa shape index (κ3) is 6.16. The van der Waals surface area contributed by atoms with Crippen molar-refractivity contribution in [2.75, 3.05) is 46.6 Å². The molecule has 0 unspecified atom stereocenters. The van der Waals surface area contributed by atoms with E-state index in [9.17, 15) is 18.0 Å². The molecule has 7 nitrogen and oxygen atoms in total. The predicted octanol–water partition coefficient (Wildman–Crippen LogP) is 1.59. The van der Waals surface area contributed by atoms with Gasteiger partial charge in [0.25, 0.3) is 0 Å². The van der Waals surface area contributed by atoms with Gasteiger partial charge in [0.15, 0.2) is 0 Å². The van der Waals surface area contributed by atoms with Crippen LogP contribution in [0, 0.1) is 11.3 Å². The lowest BCUT2D eigenvalue weighted by atomic mass is 9.81. The van der Waals surface area contributed by atoms with Crippen molar-refractivity contribution in [2.45, 2.75) is 12.7 Å². The maximum Gasteiger partial charge on any atom is 0.490 e. The van der Waals surface area contributed by atoms with Gasteiger partial charge in [-0.2, -0.15) is 13.2 Å². The van der Waals surface area contributed by atoms with Crippen molar-refractivity contribution in [1.29, 1.82) is 0 Å². The third-order valence-electron chi connectivity index (χ3n) is 4.71. The van der Waals surface area contributed by atoms with Crippen LogP contribution in [0.2, 0.25) is 0 Å². The Morgan fingerprint density at radius 1 is 1.50 bits per heavy atom. The van der Waals surface area contributed by atoms with Crippen LogP contribution < -0.4 is 5.32 Å². The van der Waals surface area contributed by atoms with E-state index in [4.69, 9.17) is 19.4 Å². The van der Waals surface area contributed by atoms with E-state index >= 15 is 0 Å². The van der Waals surface area contributed by atoms with Gasteiger partial charge in [0.2, 0.25) is 5.91 Å². The van der Waals surface area contributed by atoms with Gasteiger partial charge in [-0.3, -0.25) is 9.69 Å². The van der Waals surface area contributed by atoms with E-state index in [1.807, 2.05) is 0 Å². The number of alkyl halides is 3. The van der Waals surface area contributed by atoms with Crippen LogP contribution in [-0.2, 0) is 25.6 Å². The molecular weight excluding hydrogens is 401 g/mol. The molecule has 0 spiro atoms. The second-order valence-electron chi connectivity index (χ2n) is 6.84. The molecule has 2 aliphatic heterocycles. The summed E-state index contributed by atoms with van der Waals surface area (Å²) in [4.78, 5) is 24.4. The zero-order valence-electron chi connectivity index (χ0n) is 15.3. The molecule has 1 aromatic heterocycles. The highest BCUT2D eigenvalue weighted by Gasteiger charge is 2.50. The Balaban J connectivity index is 0.000000345. The van der Waals surface area contributed by atoms with Crippen molar-refractivity contribution in [1.82, 2.24) is 10.2 Å². The number of carbonyl (C=O) groups is 2. The Morgan fingerprint density at radius 2 is 2.21 bits per heavy atom. The first-order chi connectivity index (χ1) is 13.2. The fourth-order valence-electron chi connectivity index (χ4n) is 3.39. The van der Waals surface area contributed by atoms with Gasteiger partial charge in [0, 0.05) is 49.5 Å². The molecule has 0 aliphatic carbocycles. The number of carboxylic acids is 1. The van der Waals surface area contributed by atoms with Gasteiger partial charge in [0.1, 0.15) is 6.61 Å². The second-order valence-corrected chi connectivity index (χ2v) is 7.87. The monoisotopic (exact) mass is 424 g/mol. The van der Waals surface area contributed by atoms with Crippen molar-refractivity contribution < 1.29 is 37.3 Å². The van der Waals surface area contributed by atoms with Crippen LogP contribution in [-0.4, -0.2) is 74.6 Å². The number of amides is 1. The van der Waals surface area contributed by atoms with Gasteiger partial charge in [-0.15, -0.1) is 11.3 Å². The number of nitrogens with zero attached hydrogens (tertiary/aromatic N) is 1. The number of ether oxygens (including phenoxy) is 2. The highest BCUT2D eigenvalue weighted by Crippen LogP contribution is 2.41. The van der Waals surface area contributed by atoms with E-state index in [1.54, 1.807) is 11.3 Å². The first-order valence-corrected chi connectivity index (χ1v) is 9.42. The summed E-state index contributed by atoms with van der Waals surface area (Å²) < 4.78 is 42.3. The smallest absolute Gasteiger partial charge is 0.475 e. The van der Waals surface area contributed by atoms with Crippen LogP contribution in [0.5, 0.6) is 0 Å². The van der Waals surface area contributed by atoms with Crippen LogP contribution in [0.1, 0.15) is 4.88 Å². The van der Waals surface area contributed by atoms with Gasteiger partial charge in [-0.05, 0) is 11.4 Å². The van der Waals surface area contributed by atoms with Gasteiger partial charge in [-0.1, -0.05) is 6.07 Å². The molecule has 158 valence electrons. The molecule has 1 amide bonds. The van der Waals surface area contributed by atoms with Crippen molar-refractivity contribution in [2.24, 2.45) is 11.3 Å². The summed E-state index contributed by atoms with van der Waals surface area (Å²) in [6.45, 7) is 5.40. The van der Waals surface area contributed by atoms with Crippen LogP contribution >= 0.6 is 11.3 Å². The largest absolute Gasteiger partial charge is 0.490 e. The molecule has 0 bridgehead atoms. The van der Waals surface area contributed by atoms with Gasteiger partial charge in [-0.25, -0.2) is 4.79 Å². The number of carbonyl (C=O) groups excluding carboxylic acids is 1. The summed E-state index contributed by atoms with van der Waals surface area (Å²) >= 11 is 1.80. The summed E-state index contributed by atoms with van der Waals surface area (Å²) in [5, 5.41) is 12.2. The molecule has 1 aromatic rings. The number of likely N-dealkylation sites (tertiary alicyclic amines) is 1. The number of hydrogen-bond donors (Lipinski definition) is 2. The lowest BCUT2D eigenvalue weighted by molar-refractivity contribution is -0.192. The maximum atomic E-state index is 11.6. The number of aliphatic carboxylic acids is 1. The molecule has 3 heterocycles. The Labute approximate surface area is 164 Å². The molecule has 2 saturated heterocycles. The minimum Gasteiger partial charge on any atom is -0.475 e. The van der Waals surface area contributed by atoms with Gasteiger partial charge < -0.3 is 19.9 Å². The highest BCUT2D eigenvalue weighted by atomic mass is 32.1. The zero-order valence-corrected chi connectivity index (χ0v) is 16.1. The molecule has 2 fully saturated rings. The quantitative estimate of drug-likeness (QED) is 0.721. The number of hydrogen-bond acceptors (Lipinski definition) is 6. The Hall–Kier alpha value is -1.69. The van der Waals surface area contributed by atoms with Crippen LogP contribution in [0.3, 0.4) is 0 Å². The summed E-state index contributed by atoms with van der Waals surface area (Å²) in [6.07, 6.45) is -5.08. The fourth-order valence-corrected chi connectivity index (χ4v) is 4.14. The Morgan fingerprint density at radius 3 is 2.79 bits per heavy atom. The normalized spacial score (nSPS) is 24.4. The van der Waals surface area contributed by atoms with Crippen LogP contribution in [0.25, 0.3) is 0 Å². The number of carboxylic acid groups (broad SMARTS) is 1. The minimum absolute atomic E-state index is 0.0470. The van der Waals surface area contributed by atoms with Gasteiger partial charge >= 0.3 is 12.1 Å². The molecule has 2 aliphatic rings. The lowest BCUT2D eigenvalue weighted by Gasteiger charge is -2.27. The first kappa shape index (κ1) is 22.6. The van der Waals surface area contributed by atoms with E-state index in [0.717, 1.165) is 32.8 Å². The predicted molar refractivity (Wildman–Crippen MR) is 94.9 cm³/mol. The van der Waals surface area contributed by atoms with Crippen LogP contribution in [0.4, 0.5) is 13.2 Å². The number of halogens is 3. The summed E-state index contributed by atoms with van der Waals surface area (Å²) in [7, 11) is 1.54. The molecule has 0 saturated carbocycles. The molecule has 28 heavy (non-hydrogen) atoms. The van der Waals surface area contributed by atoms with Crippen molar-refractivity contribution in [3.05, 3.63) is 22.4 Å².